The Balaban J connectivity index is 1.30. The molecule has 204 valence electrons. The van der Waals surface area contributed by atoms with Crippen molar-refractivity contribution in [2.45, 2.75) is 31.1 Å². The molecule has 0 saturated heterocycles. The van der Waals surface area contributed by atoms with E-state index in [1.165, 1.54) is 44.5 Å². The molecule has 1 heterocycles. The van der Waals surface area contributed by atoms with Gasteiger partial charge in [-0.3, -0.25) is 0 Å². The summed E-state index contributed by atoms with van der Waals surface area (Å²) in [5.41, 5.74) is 13.5. The van der Waals surface area contributed by atoms with E-state index < -0.39 is 0 Å². The Labute approximate surface area is 251 Å². The van der Waals surface area contributed by atoms with Gasteiger partial charge in [0.1, 0.15) is 0 Å². The van der Waals surface area contributed by atoms with Crippen LogP contribution in [0.25, 0.3) is 45.0 Å². The topological polar surface area (TPSA) is 38.7 Å². The predicted octanol–water partition coefficient (Wildman–Crippen LogP) is 9.37. The zero-order chi connectivity index (χ0) is 28.4. The van der Waals surface area contributed by atoms with Crippen LogP contribution in [0.2, 0.25) is 0 Å². The van der Waals surface area contributed by atoms with Crippen molar-refractivity contribution in [2.24, 2.45) is 0 Å². The number of hydrogen-bond acceptors (Lipinski definition) is 3. The van der Waals surface area contributed by atoms with Gasteiger partial charge in [-0.2, -0.15) is 0 Å². The van der Waals surface area contributed by atoms with E-state index in [4.69, 9.17) is 15.0 Å². The van der Waals surface area contributed by atoms with E-state index >= 15 is 0 Å². The predicted molar refractivity (Wildman–Crippen MR) is 174 cm³/mol. The standard InChI is InChI=1S/C40H29N3/c1-3-13-26(14-4-1)37-41-38(27-15-5-2-6-16-27)43-39(42-37)28-23-24-32-31-19-9-12-22-35(31)40(36(32)25-28)33-20-10-7-17-29(33)30-18-8-11-21-34(30)40/h1,3-5,7,9-10,12-25H,2,6,8,11H2. The first-order valence-electron chi connectivity index (χ1n) is 15.3. The molecule has 4 aliphatic carbocycles. The third kappa shape index (κ3) is 3.51. The summed E-state index contributed by atoms with van der Waals surface area (Å²) in [5.74, 6) is 2.13. The highest BCUT2D eigenvalue weighted by Crippen LogP contribution is 2.64. The van der Waals surface area contributed by atoms with E-state index in [1.54, 1.807) is 0 Å². The highest BCUT2D eigenvalue weighted by Gasteiger charge is 2.53. The van der Waals surface area contributed by atoms with Crippen LogP contribution in [0, 0.1) is 0 Å². The Morgan fingerprint density at radius 1 is 0.488 bits per heavy atom. The number of fused-ring (bicyclic) bond motifs is 10. The molecule has 0 aliphatic heterocycles. The molecule has 0 bridgehead atoms. The Morgan fingerprint density at radius 3 is 1.95 bits per heavy atom. The summed E-state index contributed by atoms with van der Waals surface area (Å²) in [5, 5.41) is 0. The summed E-state index contributed by atoms with van der Waals surface area (Å²) in [6, 6.07) is 35.1. The first kappa shape index (κ1) is 24.4. The summed E-state index contributed by atoms with van der Waals surface area (Å²) in [4.78, 5) is 15.1. The van der Waals surface area contributed by atoms with Crippen molar-refractivity contribution < 1.29 is 0 Å². The Hall–Kier alpha value is -5.15. The van der Waals surface area contributed by atoms with Crippen LogP contribution in [0.15, 0.2) is 133 Å². The van der Waals surface area contributed by atoms with Crippen LogP contribution in [0.4, 0.5) is 0 Å². The second kappa shape index (κ2) is 9.43. The number of rotatable bonds is 3. The molecule has 0 amide bonds. The minimum absolute atomic E-state index is 0.350. The second-order valence-electron chi connectivity index (χ2n) is 11.7. The van der Waals surface area contributed by atoms with Crippen molar-refractivity contribution in [3.05, 3.63) is 161 Å². The molecule has 5 aromatic rings. The summed E-state index contributed by atoms with van der Waals surface area (Å²) in [6.07, 6.45) is 15.7. The molecule has 1 spiro atoms. The smallest absolute Gasteiger partial charge is 0.164 e. The van der Waals surface area contributed by atoms with Crippen molar-refractivity contribution in [2.75, 3.05) is 0 Å². The lowest BCUT2D eigenvalue weighted by Gasteiger charge is -2.32. The van der Waals surface area contributed by atoms with E-state index in [2.05, 4.69) is 109 Å². The van der Waals surface area contributed by atoms with Crippen LogP contribution in [0.3, 0.4) is 0 Å². The number of nitrogens with zero attached hydrogens (tertiary/aromatic N) is 3. The third-order valence-corrected chi connectivity index (χ3v) is 9.40. The van der Waals surface area contributed by atoms with Gasteiger partial charge in [-0.1, -0.05) is 121 Å². The molecule has 1 atom stereocenters. The van der Waals surface area contributed by atoms with E-state index in [-0.39, 0.29) is 5.41 Å². The Morgan fingerprint density at radius 2 is 1.14 bits per heavy atom. The molecule has 1 aromatic heterocycles. The van der Waals surface area contributed by atoms with Gasteiger partial charge >= 0.3 is 0 Å². The summed E-state index contributed by atoms with van der Waals surface area (Å²) in [7, 11) is 0. The highest BCUT2D eigenvalue weighted by molar-refractivity contribution is 6.00. The van der Waals surface area contributed by atoms with Gasteiger partial charge in [0.15, 0.2) is 17.5 Å². The quantitative estimate of drug-likeness (QED) is 0.224. The van der Waals surface area contributed by atoms with Gasteiger partial charge < -0.3 is 0 Å². The monoisotopic (exact) mass is 551 g/mol. The van der Waals surface area contributed by atoms with Crippen LogP contribution >= 0.6 is 0 Å². The van der Waals surface area contributed by atoms with Crippen LogP contribution in [-0.4, -0.2) is 15.0 Å². The van der Waals surface area contributed by atoms with Crippen LogP contribution in [-0.2, 0) is 5.41 Å². The fourth-order valence-electron chi connectivity index (χ4n) is 7.60. The largest absolute Gasteiger partial charge is 0.208 e. The average molecular weight is 552 g/mol. The number of benzene rings is 4. The minimum atomic E-state index is -0.350. The summed E-state index contributed by atoms with van der Waals surface area (Å²) < 4.78 is 0. The fraction of sp³-hybridized carbons (Fsp3) is 0.125. The molecular weight excluding hydrogens is 522 g/mol. The molecule has 1 unspecified atom stereocenters. The molecule has 4 aromatic carbocycles. The Kier molecular flexibility index (Phi) is 5.36. The molecular formula is C40H29N3. The van der Waals surface area contributed by atoms with Gasteiger partial charge in [0.05, 0.1) is 5.41 Å². The van der Waals surface area contributed by atoms with Gasteiger partial charge in [0.25, 0.3) is 0 Å². The Bertz CT molecular complexity index is 2080. The molecule has 0 radical (unpaired) electrons. The maximum absolute atomic E-state index is 5.10. The van der Waals surface area contributed by atoms with Crippen molar-refractivity contribution >= 4 is 11.1 Å². The van der Waals surface area contributed by atoms with E-state index in [0.717, 1.165) is 48.2 Å². The third-order valence-electron chi connectivity index (χ3n) is 9.40. The normalized spacial score (nSPS) is 19.2. The number of hydrogen-bond donors (Lipinski definition) is 0. The van der Waals surface area contributed by atoms with Gasteiger partial charge in [0.2, 0.25) is 0 Å². The van der Waals surface area contributed by atoms with Crippen LogP contribution in [0.5, 0.6) is 0 Å². The molecule has 0 fully saturated rings. The lowest BCUT2D eigenvalue weighted by atomic mass is 9.69. The molecule has 4 aliphatic rings. The average Bonchev–Trinajstić information content (AvgIpc) is 3.56. The maximum atomic E-state index is 5.10. The maximum Gasteiger partial charge on any atom is 0.164 e. The molecule has 0 N–H and O–H groups in total. The van der Waals surface area contributed by atoms with Gasteiger partial charge in [-0.25, -0.2) is 15.0 Å². The molecule has 9 rings (SSSR count). The van der Waals surface area contributed by atoms with Crippen LogP contribution in [0.1, 0.15) is 53.8 Å². The lowest BCUT2D eigenvalue weighted by molar-refractivity contribution is 0.782. The minimum Gasteiger partial charge on any atom is -0.208 e. The van der Waals surface area contributed by atoms with E-state index in [9.17, 15) is 0 Å². The van der Waals surface area contributed by atoms with E-state index in [0.29, 0.717) is 11.6 Å². The first-order chi connectivity index (χ1) is 21.3. The van der Waals surface area contributed by atoms with E-state index in [1.807, 2.05) is 18.2 Å². The van der Waals surface area contributed by atoms with Crippen molar-refractivity contribution in [1.82, 2.24) is 15.0 Å². The molecule has 0 saturated carbocycles. The molecule has 3 heteroatoms. The van der Waals surface area contributed by atoms with Gasteiger partial charge in [-0.15, -0.1) is 0 Å². The van der Waals surface area contributed by atoms with Gasteiger partial charge in [-0.05, 0) is 76.3 Å². The molecule has 43 heavy (non-hydrogen) atoms. The van der Waals surface area contributed by atoms with Crippen LogP contribution < -0.4 is 0 Å². The first-order valence-corrected chi connectivity index (χ1v) is 15.3. The summed E-state index contributed by atoms with van der Waals surface area (Å²) >= 11 is 0. The second-order valence-corrected chi connectivity index (χ2v) is 11.7. The van der Waals surface area contributed by atoms with Gasteiger partial charge in [0, 0.05) is 16.7 Å². The SMILES string of the molecule is C1=CC(c2nc(-c3ccccc3)nc(-c3ccc4c(c3)C3(C5=CCCC=C5c5ccccc53)c3ccccc3-4)n2)=CCC1. The number of aromatic nitrogens is 3. The zero-order valence-corrected chi connectivity index (χ0v) is 23.8. The zero-order valence-electron chi connectivity index (χ0n) is 23.8. The van der Waals surface area contributed by atoms with Crippen molar-refractivity contribution in [1.29, 1.82) is 0 Å². The van der Waals surface area contributed by atoms with Crippen molar-refractivity contribution in [3.8, 4) is 33.9 Å². The number of allylic oxidation sites excluding steroid dienone is 8. The lowest BCUT2D eigenvalue weighted by Crippen LogP contribution is -2.26. The molecule has 3 nitrogen and oxygen atoms in total. The van der Waals surface area contributed by atoms with Crippen molar-refractivity contribution in [3.63, 3.8) is 0 Å². The fourth-order valence-corrected chi connectivity index (χ4v) is 7.60. The summed E-state index contributed by atoms with van der Waals surface area (Å²) in [6.45, 7) is 0. The highest BCUT2D eigenvalue weighted by atomic mass is 15.0.